The lowest BCUT2D eigenvalue weighted by Crippen LogP contribution is -1.96. The predicted octanol–water partition coefficient (Wildman–Crippen LogP) is 5.05. The lowest BCUT2D eigenvalue weighted by Gasteiger charge is -2.10. The fourth-order valence-electron chi connectivity index (χ4n) is 2.69. The zero-order chi connectivity index (χ0) is 17.1. The van der Waals surface area contributed by atoms with E-state index in [1.807, 2.05) is 54.6 Å². The normalized spacial score (nSPS) is 10.8. The number of rotatable bonds is 4. The van der Waals surface area contributed by atoms with Crippen molar-refractivity contribution < 1.29 is 4.74 Å². The number of fused-ring (bicyclic) bond motifs is 1. The van der Waals surface area contributed by atoms with Crippen LogP contribution in [0.5, 0.6) is 11.6 Å². The van der Waals surface area contributed by atoms with Crippen molar-refractivity contribution in [2.24, 2.45) is 0 Å². The van der Waals surface area contributed by atoms with Crippen molar-refractivity contribution in [1.82, 2.24) is 15.0 Å². The van der Waals surface area contributed by atoms with E-state index in [-0.39, 0.29) is 0 Å². The highest BCUT2D eigenvalue weighted by Crippen LogP contribution is 2.30. The Balaban J connectivity index is 1.83. The minimum absolute atomic E-state index is 0.553. The number of benzene rings is 2. The van der Waals surface area contributed by atoms with Gasteiger partial charge < -0.3 is 4.74 Å². The molecule has 2 aromatic heterocycles. The second kappa shape index (κ2) is 6.69. The summed E-state index contributed by atoms with van der Waals surface area (Å²) in [5.74, 6) is 1.94. The first-order valence-electron chi connectivity index (χ1n) is 8.27. The van der Waals surface area contributed by atoms with Gasteiger partial charge in [-0.1, -0.05) is 31.2 Å². The first-order valence-corrected chi connectivity index (χ1v) is 8.27. The highest BCUT2D eigenvalue weighted by atomic mass is 16.5. The Morgan fingerprint density at radius 1 is 0.920 bits per heavy atom. The van der Waals surface area contributed by atoms with Crippen LogP contribution in [0.15, 0.2) is 73.1 Å². The van der Waals surface area contributed by atoms with E-state index in [1.54, 1.807) is 12.4 Å². The van der Waals surface area contributed by atoms with Gasteiger partial charge >= 0.3 is 0 Å². The fraction of sp³-hybridized carbons (Fsp3) is 0.0952. The molecule has 0 aliphatic heterocycles. The lowest BCUT2D eigenvalue weighted by atomic mass is 10.1. The molecule has 0 saturated heterocycles. The molecule has 0 atom stereocenters. The molecular formula is C21H17N3O. The van der Waals surface area contributed by atoms with Gasteiger partial charge in [-0.2, -0.15) is 4.98 Å². The predicted molar refractivity (Wildman–Crippen MR) is 98.7 cm³/mol. The van der Waals surface area contributed by atoms with Gasteiger partial charge in [-0.15, -0.1) is 0 Å². The van der Waals surface area contributed by atoms with E-state index < -0.39 is 0 Å². The molecule has 4 nitrogen and oxygen atoms in total. The van der Waals surface area contributed by atoms with Crippen molar-refractivity contribution in [3.8, 4) is 23.0 Å². The molecule has 0 spiro atoms. The van der Waals surface area contributed by atoms with E-state index in [9.17, 15) is 0 Å². The summed E-state index contributed by atoms with van der Waals surface area (Å²) >= 11 is 0. The molecular weight excluding hydrogens is 310 g/mol. The van der Waals surface area contributed by atoms with Gasteiger partial charge in [0.2, 0.25) is 5.88 Å². The molecule has 0 N–H and O–H groups in total. The van der Waals surface area contributed by atoms with E-state index in [0.717, 1.165) is 28.6 Å². The second-order valence-electron chi connectivity index (χ2n) is 5.71. The summed E-state index contributed by atoms with van der Waals surface area (Å²) in [5, 5.41) is 0.886. The second-order valence-corrected chi connectivity index (χ2v) is 5.71. The third-order valence-corrected chi connectivity index (χ3v) is 4.01. The Labute approximate surface area is 146 Å². The van der Waals surface area contributed by atoms with E-state index in [4.69, 9.17) is 4.74 Å². The molecule has 4 aromatic rings. The van der Waals surface area contributed by atoms with Gasteiger partial charge in [0.25, 0.3) is 0 Å². The first-order chi connectivity index (χ1) is 12.3. The van der Waals surface area contributed by atoms with Crippen LogP contribution in [-0.2, 0) is 6.42 Å². The van der Waals surface area contributed by atoms with Gasteiger partial charge in [0, 0.05) is 18.0 Å². The summed E-state index contributed by atoms with van der Waals surface area (Å²) in [6.45, 7) is 2.12. The molecule has 4 rings (SSSR count). The van der Waals surface area contributed by atoms with Crippen molar-refractivity contribution in [2.75, 3.05) is 0 Å². The summed E-state index contributed by atoms with van der Waals surface area (Å²) in [6, 6.07) is 19.8. The topological polar surface area (TPSA) is 47.9 Å². The molecule has 25 heavy (non-hydrogen) atoms. The Morgan fingerprint density at radius 2 is 1.84 bits per heavy atom. The maximum absolute atomic E-state index is 6.12. The molecule has 0 radical (unpaired) electrons. The first kappa shape index (κ1) is 15.3. The molecule has 0 saturated carbocycles. The minimum atomic E-state index is 0.553. The van der Waals surface area contributed by atoms with Crippen LogP contribution in [0.1, 0.15) is 12.5 Å². The number of nitrogens with zero attached hydrogens (tertiary/aromatic N) is 3. The largest absolute Gasteiger partial charge is 0.438 e. The van der Waals surface area contributed by atoms with Crippen LogP contribution in [0, 0.1) is 0 Å². The Kier molecular flexibility index (Phi) is 4.09. The molecule has 0 aliphatic carbocycles. The van der Waals surface area contributed by atoms with Gasteiger partial charge in [-0.05, 0) is 48.4 Å². The number of hydrogen-bond donors (Lipinski definition) is 0. The summed E-state index contributed by atoms with van der Waals surface area (Å²) in [4.78, 5) is 13.5. The number of aromatic nitrogens is 3. The van der Waals surface area contributed by atoms with Crippen LogP contribution < -0.4 is 4.74 Å². The number of aryl methyl sites for hydroxylation is 1. The summed E-state index contributed by atoms with van der Waals surface area (Å²) in [7, 11) is 0. The summed E-state index contributed by atoms with van der Waals surface area (Å²) < 4.78 is 6.12. The Hall–Kier alpha value is -3.27. The summed E-state index contributed by atoms with van der Waals surface area (Å²) in [5.41, 5.74) is 2.93. The van der Waals surface area contributed by atoms with Crippen LogP contribution in [-0.4, -0.2) is 15.0 Å². The third kappa shape index (κ3) is 3.19. The molecule has 0 amide bonds. The Bertz CT molecular complexity index is 1020. The zero-order valence-electron chi connectivity index (χ0n) is 13.9. The van der Waals surface area contributed by atoms with Crippen LogP contribution in [0.4, 0.5) is 0 Å². The van der Waals surface area contributed by atoms with Gasteiger partial charge in [0.15, 0.2) is 5.82 Å². The quantitative estimate of drug-likeness (QED) is 0.526. The standard InChI is InChI=1S/C21H17N3O/c1-2-15-7-5-9-17(13-15)25-21-18-10-3-4-11-19(18)23-20(24-21)16-8-6-12-22-14-16/h3-14H,2H2,1H3. The van der Waals surface area contributed by atoms with Gasteiger partial charge in [-0.3, -0.25) is 4.98 Å². The molecule has 2 aromatic carbocycles. The smallest absolute Gasteiger partial charge is 0.230 e. The average molecular weight is 327 g/mol. The van der Waals surface area contributed by atoms with Crippen LogP contribution in [0.25, 0.3) is 22.3 Å². The third-order valence-electron chi connectivity index (χ3n) is 4.01. The van der Waals surface area contributed by atoms with Crippen LogP contribution in [0.3, 0.4) is 0 Å². The van der Waals surface area contributed by atoms with Crippen molar-refractivity contribution in [3.63, 3.8) is 0 Å². The Morgan fingerprint density at radius 3 is 2.68 bits per heavy atom. The monoisotopic (exact) mass is 327 g/mol. The molecule has 0 aliphatic rings. The van der Waals surface area contributed by atoms with E-state index >= 15 is 0 Å². The van der Waals surface area contributed by atoms with E-state index in [0.29, 0.717) is 11.7 Å². The summed E-state index contributed by atoms with van der Waals surface area (Å²) in [6.07, 6.45) is 4.45. The fourth-order valence-corrected chi connectivity index (χ4v) is 2.69. The van der Waals surface area contributed by atoms with Gasteiger partial charge in [0.05, 0.1) is 10.9 Å². The number of pyridine rings is 1. The maximum atomic E-state index is 6.12. The molecule has 122 valence electrons. The average Bonchev–Trinajstić information content (AvgIpc) is 2.69. The van der Waals surface area contributed by atoms with E-state index in [2.05, 4.69) is 27.9 Å². The molecule has 2 heterocycles. The van der Waals surface area contributed by atoms with Crippen LogP contribution in [0.2, 0.25) is 0 Å². The molecule has 0 fully saturated rings. The highest BCUT2D eigenvalue weighted by Gasteiger charge is 2.11. The SMILES string of the molecule is CCc1cccc(Oc2nc(-c3cccnc3)nc3ccccc23)c1. The van der Waals surface area contributed by atoms with Crippen molar-refractivity contribution in [2.45, 2.75) is 13.3 Å². The number of para-hydroxylation sites is 1. The molecule has 0 unspecified atom stereocenters. The minimum Gasteiger partial charge on any atom is -0.438 e. The molecule has 0 bridgehead atoms. The maximum Gasteiger partial charge on any atom is 0.230 e. The van der Waals surface area contributed by atoms with Gasteiger partial charge in [-0.25, -0.2) is 4.98 Å². The zero-order valence-corrected chi connectivity index (χ0v) is 13.9. The number of hydrogen-bond acceptors (Lipinski definition) is 4. The van der Waals surface area contributed by atoms with Crippen LogP contribution >= 0.6 is 0 Å². The number of ether oxygens (including phenoxy) is 1. The highest BCUT2D eigenvalue weighted by molar-refractivity contribution is 5.85. The molecule has 4 heteroatoms. The van der Waals surface area contributed by atoms with Gasteiger partial charge in [0.1, 0.15) is 5.75 Å². The lowest BCUT2D eigenvalue weighted by molar-refractivity contribution is 0.468. The van der Waals surface area contributed by atoms with E-state index in [1.165, 1.54) is 5.56 Å². The van der Waals surface area contributed by atoms with Crippen molar-refractivity contribution in [3.05, 3.63) is 78.6 Å². The van der Waals surface area contributed by atoms with Crippen molar-refractivity contribution >= 4 is 10.9 Å². The van der Waals surface area contributed by atoms with Crippen molar-refractivity contribution in [1.29, 1.82) is 0 Å².